The van der Waals surface area contributed by atoms with Gasteiger partial charge < -0.3 is 14.3 Å². The van der Waals surface area contributed by atoms with Crippen LogP contribution in [0.3, 0.4) is 0 Å². The van der Waals surface area contributed by atoms with E-state index in [1.54, 1.807) is 6.92 Å². The number of nitrogens with zero attached hydrogens (tertiary/aromatic N) is 1. The lowest BCUT2D eigenvalue weighted by Crippen LogP contribution is -2.20. The van der Waals surface area contributed by atoms with Crippen molar-refractivity contribution in [3.05, 3.63) is 17.3 Å². The predicted molar refractivity (Wildman–Crippen MR) is 69.3 cm³/mol. The SMILES string of the molecule is COC(=O)Cc1nc(C2CCC(C(=O)O)CC2)oc1C. The van der Waals surface area contributed by atoms with Gasteiger partial charge in [0.2, 0.25) is 0 Å². The first-order chi connectivity index (χ1) is 9.51. The van der Waals surface area contributed by atoms with Crippen LogP contribution in [-0.2, 0) is 20.7 Å². The summed E-state index contributed by atoms with van der Waals surface area (Å²) < 4.78 is 10.2. The summed E-state index contributed by atoms with van der Waals surface area (Å²) in [5, 5.41) is 8.98. The molecule has 0 atom stereocenters. The molecule has 0 bridgehead atoms. The van der Waals surface area contributed by atoms with Crippen LogP contribution in [0.2, 0.25) is 0 Å². The quantitative estimate of drug-likeness (QED) is 0.849. The Morgan fingerprint density at radius 1 is 1.35 bits per heavy atom. The number of aromatic nitrogens is 1. The third-order valence-electron chi connectivity index (χ3n) is 3.87. The van der Waals surface area contributed by atoms with Crippen molar-refractivity contribution in [2.24, 2.45) is 5.92 Å². The van der Waals surface area contributed by atoms with Crippen LogP contribution in [0.15, 0.2) is 4.42 Å². The molecule has 1 aromatic rings. The number of hydrogen-bond donors (Lipinski definition) is 1. The third-order valence-corrected chi connectivity index (χ3v) is 3.87. The van der Waals surface area contributed by atoms with Crippen molar-refractivity contribution < 1.29 is 23.8 Å². The van der Waals surface area contributed by atoms with Gasteiger partial charge in [-0.1, -0.05) is 0 Å². The van der Waals surface area contributed by atoms with Crippen LogP contribution in [0.1, 0.15) is 48.9 Å². The van der Waals surface area contributed by atoms with Crippen molar-refractivity contribution in [3.63, 3.8) is 0 Å². The normalized spacial score (nSPS) is 22.5. The Bertz CT molecular complexity index is 500. The van der Waals surface area contributed by atoms with Gasteiger partial charge in [-0.15, -0.1) is 0 Å². The fourth-order valence-corrected chi connectivity index (χ4v) is 2.59. The number of esters is 1. The Hall–Kier alpha value is -1.85. The summed E-state index contributed by atoms with van der Waals surface area (Å²) >= 11 is 0. The Kier molecular flexibility index (Phi) is 4.42. The van der Waals surface area contributed by atoms with Crippen LogP contribution in [-0.4, -0.2) is 29.1 Å². The molecule has 1 heterocycles. The van der Waals surface area contributed by atoms with Crippen molar-refractivity contribution >= 4 is 11.9 Å². The van der Waals surface area contributed by atoms with Crippen LogP contribution in [0.25, 0.3) is 0 Å². The van der Waals surface area contributed by atoms with E-state index in [9.17, 15) is 9.59 Å². The maximum Gasteiger partial charge on any atom is 0.311 e. The predicted octanol–water partition coefficient (Wildman–Crippen LogP) is 2.06. The summed E-state index contributed by atoms with van der Waals surface area (Å²) in [7, 11) is 1.34. The third kappa shape index (κ3) is 3.18. The highest BCUT2D eigenvalue weighted by Gasteiger charge is 2.30. The summed E-state index contributed by atoms with van der Waals surface area (Å²) in [6.07, 6.45) is 2.92. The van der Waals surface area contributed by atoms with Crippen molar-refractivity contribution in [2.45, 2.75) is 44.9 Å². The Balaban J connectivity index is 2.02. The topological polar surface area (TPSA) is 89.6 Å². The average molecular weight is 281 g/mol. The highest BCUT2D eigenvalue weighted by atomic mass is 16.5. The highest BCUT2D eigenvalue weighted by Crippen LogP contribution is 2.36. The van der Waals surface area contributed by atoms with Gasteiger partial charge in [-0.2, -0.15) is 0 Å². The molecule has 110 valence electrons. The first-order valence-corrected chi connectivity index (χ1v) is 6.77. The molecular formula is C14H19NO5. The number of rotatable bonds is 4. The summed E-state index contributed by atoms with van der Waals surface area (Å²) in [5.41, 5.74) is 0.604. The summed E-state index contributed by atoms with van der Waals surface area (Å²) in [6.45, 7) is 1.78. The van der Waals surface area contributed by atoms with Crippen LogP contribution in [0, 0.1) is 12.8 Å². The van der Waals surface area contributed by atoms with E-state index in [-0.39, 0.29) is 24.2 Å². The minimum atomic E-state index is -0.724. The second-order valence-corrected chi connectivity index (χ2v) is 5.19. The molecule has 20 heavy (non-hydrogen) atoms. The summed E-state index contributed by atoms with van der Waals surface area (Å²) in [5.74, 6) is 0.0736. The molecule has 0 aromatic carbocycles. The van der Waals surface area contributed by atoms with Crippen molar-refractivity contribution in [1.29, 1.82) is 0 Å². The van der Waals surface area contributed by atoms with Crippen LogP contribution in [0.5, 0.6) is 0 Å². The number of methoxy groups -OCH3 is 1. The van der Waals surface area contributed by atoms with E-state index in [1.165, 1.54) is 7.11 Å². The smallest absolute Gasteiger partial charge is 0.311 e. The second-order valence-electron chi connectivity index (χ2n) is 5.19. The molecule has 0 unspecified atom stereocenters. The number of carbonyl (C=O) groups excluding carboxylic acids is 1. The lowest BCUT2D eigenvalue weighted by molar-refractivity contribution is -0.143. The van der Waals surface area contributed by atoms with Crippen LogP contribution < -0.4 is 0 Å². The number of carboxylic acid groups (broad SMARTS) is 1. The van der Waals surface area contributed by atoms with Gasteiger partial charge in [-0.25, -0.2) is 4.98 Å². The Labute approximate surface area is 117 Å². The average Bonchev–Trinajstić information content (AvgIpc) is 2.80. The van der Waals surface area contributed by atoms with Gasteiger partial charge in [-0.3, -0.25) is 9.59 Å². The first-order valence-electron chi connectivity index (χ1n) is 6.77. The van der Waals surface area contributed by atoms with E-state index in [4.69, 9.17) is 9.52 Å². The van der Waals surface area contributed by atoms with Gasteiger partial charge >= 0.3 is 11.9 Å². The van der Waals surface area contributed by atoms with Gasteiger partial charge in [0.15, 0.2) is 5.89 Å². The molecule has 1 N–H and O–H groups in total. The lowest BCUT2D eigenvalue weighted by atomic mass is 9.82. The van der Waals surface area contributed by atoms with Gasteiger partial charge in [0.1, 0.15) is 5.76 Å². The van der Waals surface area contributed by atoms with Gasteiger partial charge in [-0.05, 0) is 32.6 Å². The fourth-order valence-electron chi connectivity index (χ4n) is 2.59. The number of hydrogen-bond acceptors (Lipinski definition) is 5. The lowest BCUT2D eigenvalue weighted by Gasteiger charge is -2.23. The molecule has 0 spiro atoms. The number of oxazole rings is 1. The van der Waals surface area contributed by atoms with Crippen LogP contribution in [0.4, 0.5) is 0 Å². The van der Waals surface area contributed by atoms with E-state index in [0.717, 1.165) is 12.8 Å². The van der Waals surface area contributed by atoms with Gasteiger partial charge in [0.05, 0.1) is 25.1 Å². The number of carboxylic acids is 1. The molecule has 1 fully saturated rings. The summed E-state index contributed by atoms with van der Waals surface area (Å²) in [4.78, 5) is 26.6. The minimum Gasteiger partial charge on any atom is -0.481 e. The molecule has 1 aromatic heterocycles. The largest absolute Gasteiger partial charge is 0.481 e. The maximum absolute atomic E-state index is 11.3. The molecule has 6 nitrogen and oxygen atoms in total. The number of aryl methyl sites for hydroxylation is 1. The molecule has 1 saturated carbocycles. The van der Waals surface area contributed by atoms with E-state index in [0.29, 0.717) is 30.2 Å². The molecule has 1 aliphatic rings. The molecule has 2 rings (SSSR count). The molecule has 1 aliphatic carbocycles. The molecule has 0 amide bonds. The zero-order valence-corrected chi connectivity index (χ0v) is 11.7. The summed E-state index contributed by atoms with van der Waals surface area (Å²) in [6, 6.07) is 0. The molecule has 6 heteroatoms. The molecule has 0 radical (unpaired) electrons. The standard InChI is InChI=1S/C14H19NO5/c1-8-11(7-12(16)19-2)15-13(20-8)9-3-5-10(6-4-9)14(17)18/h9-10H,3-7H2,1-2H3,(H,17,18). The number of ether oxygens (including phenoxy) is 1. The maximum atomic E-state index is 11.3. The first kappa shape index (κ1) is 14.6. The van der Waals surface area contributed by atoms with Gasteiger partial charge in [0, 0.05) is 5.92 Å². The monoisotopic (exact) mass is 281 g/mol. The second kappa shape index (κ2) is 6.07. The zero-order chi connectivity index (χ0) is 14.7. The van der Waals surface area contributed by atoms with E-state index in [2.05, 4.69) is 9.72 Å². The Morgan fingerprint density at radius 2 is 2.00 bits per heavy atom. The number of carbonyl (C=O) groups is 2. The van der Waals surface area contributed by atoms with Crippen molar-refractivity contribution in [3.8, 4) is 0 Å². The van der Waals surface area contributed by atoms with Gasteiger partial charge in [0.25, 0.3) is 0 Å². The van der Waals surface area contributed by atoms with Crippen molar-refractivity contribution in [2.75, 3.05) is 7.11 Å². The van der Waals surface area contributed by atoms with E-state index >= 15 is 0 Å². The number of aliphatic carboxylic acids is 1. The fraction of sp³-hybridized carbons (Fsp3) is 0.643. The highest BCUT2D eigenvalue weighted by molar-refractivity contribution is 5.72. The minimum absolute atomic E-state index is 0.107. The zero-order valence-electron chi connectivity index (χ0n) is 11.7. The van der Waals surface area contributed by atoms with E-state index < -0.39 is 5.97 Å². The van der Waals surface area contributed by atoms with Crippen molar-refractivity contribution in [1.82, 2.24) is 4.98 Å². The molecular weight excluding hydrogens is 262 g/mol. The molecule has 0 saturated heterocycles. The Morgan fingerprint density at radius 3 is 2.55 bits per heavy atom. The van der Waals surface area contributed by atoms with Crippen LogP contribution >= 0.6 is 0 Å². The van der Waals surface area contributed by atoms with E-state index in [1.807, 2.05) is 0 Å². The molecule has 0 aliphatic heterocycles.